The predicted octanol–water partition coefficient (Wildman–Crippen LogP) is 3.03. The SMILES string of the molecule is CC1CCCCN1C(=O)CN1CCN(C(=O)Nc2ccc(F)cc2Cl)CC1. The van der Waals surface area contributed by atoms with E-state index >= 15 is 0 Å². The molecule has 2 heterocycles. The van der Waals surface area contributed by atoms with Crippen molar-refractivity contribution < 1.29 is 14.0 Å². The fourth-order valence-corrected chi connectivity index (χ4v) is 3.86. The quantitative estimate of drug-likeness (QED) is 0.854. The lowest BCUT2D eigenvalue weighted by Crippen LogP contribution is -2.53. The van der Waals surface area contributed by atoms with Crippen molar-refractivity contribution in [3.05, 3.63) is 29.0 Å². The second kappa shape index (κ2) is 8.89. The van der Waals surface area contributed by atoms with Gasteiger partial charge in [0.2, 0.25) is 5.91 Å². The van der Waals surface area contributed by atoms with Crippen LogP contribution in [0.25, 0.3) is 0 Å². The van der Waals surface area contributed by atoms with Crippen LogP contribution in [-0.2, 0) is 4.79 Å². The Morgan fingerprint density at radius 2 is 1.93 bits per heavy atom. The monoisotopic (exact) mass is 396 g/mol. The second-order valence-electron chi connectivity index (χ2n) is 7.25. The Morgan fingerprint density at radius 1 is 1.19 bits per heavy atom. The first-order chi connectivity index (χ1) is 12.9. The summed E-state index contributed by atoms with van der Waals surface area (Å²) in [7, 11) is 0. The topological polar surface area (TPSA) is 55.9 Å². The number of carbonyl (C=O) groups excluding carboxylic acids is 2. The zero-order valence-corrected chi connectivity index (χ0v) is 16.3. The Balaban J connectivity index is 1.46. The smallest absolute Gasteiger partial charge is 0.321 e. The number of amides is 3. The number of carbonyl (C=O) groups is 2. The second-order valence-corrected chi connectivity index (χ2v) is 7.66. The number of anilines is 1. The first-order valence-corrected chi connectivity index (χ1v) is 9.84. The molecule has 1 N–H and O–H groups in total. The molecule has 2 aliphatic rings. The van der Waals surface area contributed by atoms with Crippen LogP contribution in [0.4, 0.5) is 14.9 Å². The summed E-state index contributed by atoms with van der Waals surface area (Å²) >= 11 is 5.95. The molecule has 1 atom stereocenters. The molecule has 148 valence electrons. The van der Waals surface area contributed by atoms with Gasteiger partial charge in [-0.05, 0) is 44.4 Å². The highest BCUT2D eigenvalue weighted by Crippen LogP contribution is 2.23. The van der Waals surface area contributed by atoms with Gasteiger partial charge in [-0.15, -0.1) is 0 Å². The molecule has 3 amide bonds. The number of hydrogen-bond acceptors (Lipinski definition) is 3. The normalized spacial score (nSPS) is 21.2. The van der Waals surface area contributed by atoms with Crippen molar-refractivity contribution in [3.63, 3.8) is 0 Å². The van der Waals surface area contributed by atoms with E-state index in [-0.39, 0.29) is 17.0 Å². The van der Waals surface area contributed by atoms with Gasteiger partial charge in [-0.25, -0.2) is 9.18 Å². The van der Waals surface area contributed by atoms with Crippen molar-refractivity contribution in [2.75, 3.05) is 44.6 Å². The molecule has 2 aliphatic heterocycles. The number of urea groups is 1. The molecule has 2 saturated heterocycles. The van der Waals surface area contributed by atoms with Gasteiger partial charge >= 0.3 is 6.03 Å². The van der Waals surface area contributed by atoms with Crippen molar-refractivity contribution in [1.82, 2.24) is 14.7 Å². The molecule has 3 rings (SSSR count). The van der Waals surface area contributed by atoms with Gasteiger partial charge in [-0.2, -0.15) is 0 Å². The van der Waals surface area contributed by atoms with Gasteiger partial charge < -0.3 is 15.1 Å². The zero-order chi connectivity index (χ0) is 19.4. The fraction of sp³-hybridized carbons (Fsp3) is 0.579. The van der Waals surface area contributed by atoms with Gasteiger partial charge in [-0.1, -0.05) is 11.6 Å². The summed E-state index contributed by atoms with van der Waals surface area (Å²) in [5, 5.41) is 2.88. The van der Waals surface area contributed by atoms with Crippen molar-refractivity contribution in [1.29, 1.82) is 0 Å². The fourth-order valence-electron chi connectivity index (χ4n) is 3.64. The van der Waals surface area contributed by atoms with Gasteiger partial charge in [0.15, 0.2) is 0 Å². The van der Waals surface area contributed by atoms with E-state index in [1.54, 1.807) is 4.90 Å². The van der Waals surface area contributed by atoms with Gasteiger partial charge in [0.05, 0.1) is 17.3 Å². The van der Waals surface area contributed by atoms with Gasteiger partial charge in [0, 0.05) is 38.8 Å². The Morgan fingerprint density at radius 3 is 2.59 bits per heavy atom. The van der Waals surface area contributed by atoms with E-state index < -0.39 is 5.82 Å². The summed E-state index contributed by atoms with van der Waals surface area (Å²) in [4.78, 5) is 30.7. The summed E-state index contributed by atoms with van der Waals surface area (Å²) in [5.41, 5.74) is 0.389. The molecule has 1 aromatic rings. The molecule has 0 spiro atoms. The highest BCUT2D eigenvalue weighted by Gasteiger charge is 2.27. The number of rotatable bonds is 3. The molecule has 6 nitrogen and oxygen atoms in total. The average molecular weight is 397 g/mol. The Bertz CT molecular complexity index is 694. The van der Waals surface area contributed by atoms with Crippen LogP contribution in [0.1, 0.15) is 26.2 Å². The maximum absolute atomic E-state index is 13.1. The van der Waals surface area contributed by atoms with Crippen LogP contribution < -0.4 is 5.32 Å². The van der Waals surface area contributed by atoms with Gasteiger partial charge in [0.25, 0.3) is 0 Å². The lowest BCUT2D eigenvalue weighted by atomic mass is 10.0. The number of nitrogens with one attached hydrogen (secondary N) is 1. The third-order valence-corrected chi connectivity index (χ3v) is 5.63. The minimum Gasteiger partial charge on any atom is -0.339 e. The van der Waals surface area contributed by atoms with Crippen LogP contribution in [0.15, 0.2) is 18.2 Å². The number of benzene rings is 1. The number of nitrogens with zero attached hydrogens (tertiary/aromatic N) is 3. The molecule has 0 bridgehead atoms. The number of halogens is 2. The standard InChI is InChI=1S/C19H26ClFN4O2/c1-14-4-2-3-7-25(14)18(26)13-23-8-10-24(11-9-23)19(27)22-17-6-5-15(21)12-16(17)20/h5-6,12,14H,2-4,7-11,13H2,1H3,(H,22,27). The number of hydrogen-bond donors (Lipinski definition) is 1. The van der Waals surface area contributed by atoms with Crippen molar-refractivity contribution in [2.45, 2.75) is 32.2 Å². The van der Waals surface area contributed by atoms with E-state index in [0.717, 1.165) is 19.4 Å². The zero-order valence-electron chi connectivity index (χ0n) is 15.6. The minimum atomic E-state index is -0.445. The van der Waals surface area contributed by atoms with E-state index in [2.05, 4.69) is 17.1 Å². The Kier molecular flexibility index (Phi) is 6.55. The Labute approximate surface area is 164 Å². The largest absolute Gasteiger partial charge is 0.339 e. The van der Waals surface area contributed by atoms with Gasteiger partial charge in [-0.3, -0.25) is 9.69 Å². The molecular weight excluding hydrogens is 371 g/mol. The molecule has 0 aromatic heterocycles. The highest BCUT2D eigenvalue weighted by molar-refractivity contribution is 6.33. The number of likely N-dealkylation sites (tertiary alicyclic amines) is 1. The van der Waals surface area contributed by atoms with Crippen LogP contribution in [0.5, 0.6) is 0 Å². The predicted molar refractivity (Wildman–Crippen MR) is 103 cm³/mol. The maximum Gasteiger partial charge on any atom is 0.321 e. The molecular formula is C19H26ClFN4O2. The Hall–Kier alpha value is -1.86. The minimum absolute atomic E-state index is 0.170. The van der Waals surface area contributed by atoms with Crippen LogP contribution in [0, 0.1) is 5.82 Å². The van der Waals surface area contributed by atoms with Crippen LogP contribution >= 0.6 is 11.6 Å². The van der Waals surface area contributed by atoms with Crippen molar-refractivity contribution in [3.8, 4) is 0 Å². The van der Waals surface area contributed by atoms with Crippen molar-refractivity contribution >= 4 is 29.2 Å². The number of piperazine rings is 1. The van der Waals surface area contributed by atoms with Crippen LogP contribution in [0.3, 0.4) is 0 Å². The molecule has 0 radical (unpaired) electrons. The van der Waals surface area contributed by atoms with E-state index in [9.17, 15) is 14.0 Å². The summed E-state index contributed by atoms with van der Waals surface area (Å²) in [6.45, 7) is 5.74. The summed E-state index contributed by atoms with van der Waals surface area (Å²) in [6.07, 6.45) is 3.35. The lowest BCUT2D eigenvalue weighted by Gasteiger charge is -2.38. The molecule has 1 aromatic carbocycles. The molecule has 27 heavy (non-hydrogen) atoms. The van der Waals surface area contributed by atoms with Crippen molar-refractivity contribution in [2.24, 2.45) is 0 Å². The van der Waals surface area contributed by atoms with E-state index in [1.165, 1.54) is 24.6 Å². The summed E-state index contributed by atoms with van der Waals surface area (Å²) < 4.78 is 13.1. The van der Waals surface area contributed by atoms with Gasteiger partial charge in [0.1, 0.15) is 5.82 Å². The number of piperidine rings is 1. The summed E-state index contributed by atoms with van der Waals surface area (Å²) in [6, 6.07) is 3.93. The highest BCUT2D eigenvalue weighted by atomic mass is 35.5. The molecule has 1 unspecified atom stereocenters. The first kappa shape index (κ1) is 19.9. The van der Waals surface area contributed by atoms with Crippen LogP contribution in [-0.4, -0.2) is 71.9 Å². The van der Waals surface area contributed by atoms with E-state index in [1.807, 2.05) is 4.90 Å². The third kappa shape index (κ3) is 5.11. The van der Waals surface area contributed by atoms with E-state index in [0.29, 0.717) is 44.5 Å². The third-order valence-electron chi connectivity index (χ3n) is 5.31. The molecule has 0 saturated carbocycles. The molecule has 0 aliphatic carbocycles. The van der Waals surface area contributed by atoms with E-state index in [4.69, 9.17) is 11.6 Å². The first-order valence-electron chi connectivity index (χ1n) is 9.47. The lowest BCUT2D eigenvalue weighted by molar-refractivity contribution is -0.136. The molecule has 2 fully saturated rings. The average Bonchev–Trinajstić information content (AvgIpc) is 2.65. The van der Waals surface area contributed by atoms with Crippen LogP contribution in [0.2, 0.25) is 5.02 Å². The summed E-state index contributed by atoms with van der Waals surface area (Å²) in [5.74, 6) is -0.266. The molecule has 8 heteroatoms. The maximum atomic E-state index is 13.1.